The fourth-order valence-corrected chi connectivity index (χ4v) is 4.10. The Hall–Kier alpha value is -3.51. The molecule has 2 amide bonds. The number of hydrogen-bond donors (Lipinski definition) is 1. The van der Waals surface area contributed by atoms with Crippen molar-refractivity contribution < 1.29 is 14.3 Å². The number of carbonyl (C=O) groups is 2. The number of aromatic nitrogens is 1. The number of rotatable bonds is 5. The molecule has 0 bridgehead atoms. The van der Waals surface area contributed by atoms with E-state index >= 15 is 0 Å². The zero-order valence-corrected chi connectivity index (χ0v) is 18.4. The van der Waals surface area contributed by atoms with Crippen LogP contribution < -0.4 is 5.32 Å². The lowest BCUT2D eigenvalue weighted by molar-refractivity contribution is -0.156. The minimum Gasteiger partial charge on any atom is -0.361 e. The van der Waals surface area contributed by atoms with Crippen molar-refractivity contribution in [3.8, 4) is 11.1 Å². The van der Waals surface area contributed by atoms with E-state index in [0.29, 0.717) is 18.7 Å². The Kier molecular flexibility index (Phi) is 6.32. The molecule has 0 aliphatic carbocycles. The zero-order valence-electron chi connectivity index (χ0n) is 18.4. The summed E-state index contributed by atoms with van der Waals surface area (Å²) in [4.78, 5) is 31.8. The summed E-state index contributed by atoms with van der Waals surface area (Å²) in [6.45, 7) is 2.92. The van der Waals surface area contributed by atoms with E-state index in [9.17, 15) is 9.59 Å². The molecule has 0 saturated carbocycles. The molecular formula is C26H27N3O3. The molecule has 1 aromatic heterocycles. The average molecular weight is 430 g/mol. The highest BCUT2D eigenvalue weighted by Gasteiger charge is 2.45. The standard InChI is InChI=1S/C26H27N3O3/c1-19-9-11-21(12-10-19)22-7-5-6-20(16-22)17-26(25(31)27-2)18-29(14-15-32-26)24(30)23-8-3-4-13-28-23/h3-13,16H,14-15,17-18H2,1-2H3,(H,27,31)/t26-/m1/s1. The van der Waals surface area contributed by atoms with Crippen molar-refractivity contribution >= 4 is 11.8 Å². The summed E-state index contributed by atoms with van der Waals surface area (Å²) in [6.07, 6.45) is 1.95. The van der Waals surface area contributed by atoms with Crippen LogP contribution in [0.25, 0.3) is 11.1 Å². The van der Waals surface area contributed by atoms with Crippen molar-refractivity contribution in [2.45, 2.75) is 18.9 Å². The number of pyridine rings is 1. The first-order valence-electron chi connectivity index (χ1n) is 10.7. The molecule has 1 aliphatic rings. The molecule has 1 atom stereocenters. The van der Waals surface area contributed by atoms with E-state index < -0.39 is 5.60 Å². The molecule has 6 nitrogen and oxygen atoms in total. The van der Waals surface area contributed by atoms with Crippen LogP contribution in [0.5, 0.6) is 0 Å². The second-order valence-corrected chi connectivity index (χ2v) is 8.11. The molecule has 0 spiro atoms. The van der Waals surface area contributed by atoms with Crippen molar-refractivity contribution in [1.82, 2.24) is 15.2 Å². The van der Waals surface area contributed by atoms with E-state index in [1.807, 2.05) is 12.1 Å². The SMILES string of the molecule is CNC(=O)[C@@]1(Cc2cccc(-c3ccc(C)cc3)c2)CN(C(=O)c2ccccn2)CCO1. The number of likely N-dealkylation sites (N-methyl/N-ethyl adjacent to an activating group) is 1. The third-order valence-corrected chi connectivity index (χ3v) is 5.80. The van der Waals surface area contributed by atoms with Crippen LogP contribution in [0.15, 0.2) is 72.9 Å². The molecule has 2 heterocycles. The van der Waals surface area contributed by atoms with E-state index in [1.54, 1.807) is 36.3 Å². The van der Waals surface area contributed by atoms with E-state index in [4.69, 9.17) is 4.74 Å². The lowest BCUT2D eigenvalue weighted by Gasteiger charge is -2.41. The Morgan fingerprint density at radius 3 is 2.59 bits per heavy atom. The van der Waals surface area contributed by atoms with Gasteiger partial charge in [0.2, 0.25) is 0 Å². The second kappa shape index (κ2) is 9.32. The summed E-state index contributed by atoms with van der Waals surface area (Å²) in [5.41, 5.74) is 3.57. The molecule has 1 saturated heterocycles. The Morgan fingerprint density at radius 1 is 1.06 bits per heavy atom. The van der Waals surface area contributed by atoms with Crippen LogP contribution in [0.1, 0.15) is 21.6 Å². The van der Waals surface area contributed by atoms with E-state index in [0.717, 1.165) is 16.7 Å². The van der Waals surface area contributed by atoms with Gasteiger partial charge in [-0.05, 0) is 35.7 Å². The average Bonchev–Trinajstić information content (AvgIpc) is 2.84. The van der Waals surface area contributed by atoms with E-state index in [-0.39, 0.29) is 25.0 Å². The molecule has 3 aromatic rings. The molecule has 0 radical (unpaired) electrons. The van der Waals surface area contributed by atoms with Gasteiger partial charge in [0.25, 0.3) is 11.8 Å². The third-order valence-electron chi connectivity index (χ3n) is 5.80. The molecule has 32 heavy (non-hydrogen) atoms. The van der Waals surface area contributed by atoms with Crippen LogP contribution in [0.2, 0.25) is 0 Å². The normalized spacial score (nSPS) is 18.2. The number of carbonyl (C=O) groups excluding carboxylic acids is 2. The molecule has 1 aliphatic heterocycles. The van der Waals surface area contributed by atoms with Gasteiger partial charge in [0.05, 0.1) is 13.2 Å². The predicted molar refractivity (Wildman–Crippen MR) is 123 cm³/mol. The van der Waals surface area contributed by atoms with Gasteiger partial charge in [-0.1, -0.05) is 60.2 Å². The quantitative estimate of drug-likeness (QED) is 0.676. The van der Waals surface area contributed by atoms with Crippen LogP contribution in [-0.2, 0) is 16.0 Å². The molecule has 0 unspecified atom stereocenters. The molecule has 6 heteroatoms. The van der Waals surface area contributed by atoms with Gasteiger partial charge >= 0.3 is 0 Å². The number of benzene rings is 2. The van der Waals surface area contributed by atoms with Crippen molar-refractivity contribution in [3.63, 3.8) is 0 Å². The summed E-state index contributed by atoms with van der Waals surface area (Å²) < 4.78 is 6.07. The highest BCUT2D eigenvalue weighted by molar-refractivity contribution is 5.93. The molecule has 1 fully saturated rings. The molecule has 4 rings (SSSR count). The highest BCUT2D eigenvalue weighted by atomic mass is 16.5. The van der Waals surface area contributed by atoms with Crippen LogP contribution in [0.4, 0.5) is 0 Å². The Bertz CT molecular complexity index is 1100. The minimum absolute atomic E-state index is 0.164. The first-order valence-corrected chi connectivity index (χ1v) is 10.7. The number of nitrogens with one attached hydrogen (secondary N) is 1. The van der Waals surface area contributed by atoms with Gasteiger partial charge in [0.15, 0.2) is 5.60 Å². The van der Waals surface area contributed by atoms with Gasteiger partial charge in [0, 0.05) is 26.2 Å². The first kappa shape index (κ1) is 21.7. The minimum atomic E-state index is -1.16. The van der Waals surface area contributed by atoms with Gasteiger partial charge in [-0.15, -0.1) is 0 Å². The topological polar surface area (TPSA) is 71.5 Å². The van der Waals surface area contributed by atoms with Crippen LogP contribution in [-0.4, -0.2) is 54.0 Å². The molecule has 164 valence electrons. The lowest BCUT2D eigenvalue weighted by atomic mass is 9.89. The number of nitrogens with zero attached hydrogens (tertiary/aromatic N) is 2. The van der Waals surface area contributed by atoms with Gasteiger partial charge in [-0.25, -0.2) is 0 Å². The Morgan fingerprint density at radius 2 is 1.88 bits per heavy atom. The fraction of sp³-hybridized carbons (Fsp3) is 0.269. The van der Waals surface area contributed by atoms with Crippen LogP contribution in [0.3, 0.4) is 0 Å². The van der Waals surface area contributed by atoms with Gasteiger partial charge in [0.1, 0.15) is 5.69 Å². The van der Waals surface area contributed by atoms with Crippen molar-refractivity contribution in [2.24, 2.45) is 0 Å². The lowest BCUT2D eigenvalue weighted by Crippen LogP contribution is -2.61. The Labute approximate surface area is 188 Å². The predicted octanol–water partition coefficient (Wildman–Crippen LogP) is 3.26. The van der Waals surface area contributed by atoms with Gasteiger partial charge in [-0.3, -0.25) is 14.6 Å². The van der Waals surface area contributed by atoms with Gasteiger partial charge < -0.3 is 15.0 Å². The molecular weight excluding hydrogens is 402 g/mol. The first-order chi connectivity index (χ1) is 15.5. The van der Waals surface area contributed by atoms with E-state index in [1.165, 1.54) is 5.56 Å². The summed E-state index contributed by atoms with van der Waals surface area (Å²) in [6, 6.07) is 21.7. The Balaban J connectivity index is 1.61. The summed E-state index contributed by atoms with van der Waals surface area (Å²) in [5.74, 6) is -0.438. The third kappa shape index (κ3) is 4.55. The number of morpholine rings is 1. The maximum absolute atomic E-state index is 13.0. The molecule has 2 aromatic carbocycles. The summed E-state index contributed by atoms with van der Waals surface area (Å²) in [5, 5.41) is 2.73. The van der Waals surface area contributed by atoms with Crippen molar-refractivity contribution in [3.05, 3.63) is 89.7 Å². The van der Waals surface area contributed by atoms with E-state index in [2.05, 4.69) is 53.6 Å². The maximum Gasteiger partial charge on any atom is 0.272 e. The summed E-state index contributed by atoms with van der Waals surface area (Å²) in [7, 11) is 1.59. The highest BCUT2D eigenvalue weighted by Crippen LogP contribution is 2.28. The smallest absolute Gasteiger partial charge is 0.272 e. The fourth-order valence-electron chi connectivity index (χ4n) is 4.10. The number of amides is 2. The monoisotopic (exact) mass is 429 g/mol. The number of ether oxygens (including phenoxy) is 1. The number of aryl methyl sites for hydroxylation is 1. The maximum atomic E-state index is 13.0. The zero-order chi connectivity index (χ0) is 22.6. The van der Waals surface area contributed by atoms with Crippen molar-refractivity contribution in [1.29, 1.82) is 0 Å². The largest absolute Gasteiger partial charge is 0.361 e. The number of hydrogen-bond acceptors (Lipinski definition) is 4. The van der Waals surface area contributed by atoms with Gasteiger partial charge in [-0.2, -0.15) is 0 Å². The van der Waals surface area contributed by atoms with Crippen molar-refractivity contribution in [2.75, 3.05) is 26.7 Å². The summed E-state index contributed by atoms with van der Waals surface area (Å²) >= 11 is 0. The molecule has 1 N–H and O–H groups in total. The van der Waals surface area contributed by atoms with Crippen LogP contribution >= 0.6 is 0 Å². The second-order valence-electron chi connectivity index (χ2n) is 8.11. The van der Waals surface area contributed by atoms with Crippen LogP contribution in [0, 0.1) is 6.92 Å².